The minimum atomic E-state index is -1.10. The summed E-state index contributed by atoms with van der Waals surface area (Å²) >= 11 is 13.7. The Morgan fingerprint density at radius 1 is 0.583 bits per heavy atom. The van der Waals surface area contributed by atoms with E-state index < -0.39 is 37.0 Å². The number of pyridine rings is 2. The first kappa shape index (κ1) is 54.4. The smallest absolute Gasteiger partial charge is 0.306 e. The number of carboxylic acids is 2. The van der Waals surface area contributed by atoms with Gasteiger partial charge in [-0.1, -0.05) is 59.6 Å². The molecule has 0 saturated carbocycles. The number of hydrogen-bond donors (Lipinski definition) is 6. The summed E-state index contributed by atoms with van der Waals surface area (Å²) in [6, 6.07) is 22.8. The van der Waals surface area contributed by atoms with Gasteiger partial charge in [0, 0.05) is 123 Å². The third-order valence-electron chi connectivity index (χ3n) is 11.4. The van der Waals surface area contributed by atoms with Crippen LogP contribution < -0.4 is 29.6 Å². The van der Waals surface area contributed by atoms with E-state index in [1.54, 1.807) is 75.6 Å². The Morgan fingerprint density at radius 3 is 1.38 bits per heavy atom. The molecule has 6 rings (SSSR count). The minimum absolute atomic E-state index is 0.0466. The molecule has 72 heavy (non-hydrogen) atoms. The van der Waals surface area contributed by atoms with Crippen molar-refractivity contribution in [2.24, 2.45) is 9.98 Å². The number of aliphatic imine (C=N–C) groups is 2. The molecular weight excluding hydrogens is 964 g/mol. The molecule has 2 aromatic heterocycles. The summed E-state index contributed by atoms with van der Waals surface area (Å²) < 4.78 is 25.4. The van der Waals surface area contributed by atoms with E-state index in [0.29, 0.717) is 44.2 Å². The van der Waals surface area contributed by atoms with Crippen LogP contribution in [0.25, 0.3) is 11.1 Å². The monoisotopic (exact) mass is 1020 g/mol. The Hall–Kier alpha value is -6.92. The van der Waals surface area contributed by atoms with Crippen molar-refractivity contribution < 1.29 is 49.0 Å². The maximum absolute atomic E-state index is 11.1. The standard InChI is InChI=1S/C54H58Cl2N6O10/c1-33-39(31-71-51-17-49(69-29-37-11-35(19-57-3)21-59-23-37)41(13-47(51)55)25-61-27-43(63)15-53(65)66)7-5-9-45(33)46-10-6-8-40(34(46)2)32-72-52-18-50(70-30-38-12-36(20-58-4)22-60-24-38)42(14-48(52)56)26-62-28-44(64)16-54(67)68/h5-14,17-24,43-44,61-64H,15-16,25-32H2,1-4H3,(H,65,66)(H,67,68)/b57-19+,58-20+. The van der Waals surface area contributed by atoms with Crippen LogP contribution in [0.15, 0.2) is 108 Å². The number of carboxylic acid groups (broad SMARTS) is 2. The predicted molar refractivity (Wildman–Crippen MR) is 277 cm³/mol. The van der Waals surface area contributed by atoms with Gasteiger partial charge < -0.3 is 50.0 Å². The first-order chi connectivity index (χ1) is 34.7. The number of aliphatic hydroxyl groups is 2. The number of benzene rings is 4. The lowest BCUT2D eigenvalue weighted by Crippen LogP contribution is -2.28. The molecule has 0 bridgehead atoms. The number of hydrogen-bond acceptors (Lipinski definition) is 14. The number of aliphatic hydroxyl groups excluding tert-OH is 2. The molecule has 2 atom stereocenters. The molecule has 0 spiro atoms. The van der Waals surface area contributed by atoms with Gasteiger partial charge in [0.25, 0.3) is 0 Å². The molecule has 0 fully saturated rings. The van der Waals surface area contributed by atoms with Crippen molar-refractivity contribution in [3.63, 3.8) is 0 Å². The summed E-state index contributed by atoms with van der Waals surface area (Å²) in [6.45, 7) is 5.38. The molecule has 6 N–H and O–H groups in total. The number of ether oxygens (including phenoxy) is 4. The van der Waals surface area contributed by atoms with Gasteiger partial charge in [-0.05, 0) is 71.5 Å². The van der Waals surface area contributed by atoms with E-state index in [-0.39, 0.29) is 52.6 Å². The predicted octanol–water partition coefficient (Wildman–Crippen LogP) is 8.33. The zero-order chi connectivity index (χ0) is 51.6. The van der Waals surface area contributed by atoms with E-state index in [9.17, 15) is 19.8 Å². The van der Waals surface area contributed by atoms with Crippen LogP contribution in [-0.4, -0.2) is 94.2 Å². The third kappa shape index (κ3) is 16.0. The minimum Gasteiger partial charge on any atom is -0.488 e. The highest BCUT2D eigenvalue weighted by Crippen LogP contribution is 2.37. The van der Waals surface area contributed by atoms with Crippen LogP contribution >= 0.6 is 23.2 Å². The normalized spacial score (nSPS) is 12.3. The van der Waals surface area contributed by atoms with E-state index >= 15 is 0 Å². The number of nitrogens with one attached hydrogen (secondary N) is 2. The molecule has 0 aliphatic heterocycles. The van der Waals surface area contributed by atoms with Gasteiger partial charge in [-0.3, -0.25) is 29.5 Å². The molecule has 2 heterocycles. The average molecular weight is 1020 g/mol. The number of nitrogens with zero attached hydrogens (tertiary/aromatic N) is 4. The van der Waals surface area contributed by atoms with Gasteiger partial charge in [0.2, 0.25) is 0 Å². The van der Waals surface area contributed by atoms with Crippen molar-refractivity contribution >= 4 is 47.6 Å². The van der Waals surface area contributed by atoms with Gasteiger partial charge >= 0.3 is 11.9 Å². The first-order valence-electron chi connectivity index (χ1n) is 23.0. The van der Waals surface area contributed by atoms with Crippen LogP contribution in [0.2, 0.25) is 10.0 Å². The summed E-state index contributed by atoms with van der Waals surface area (Å²) in [5.74, 6) is -0.442. The second kappa shape index (κ2) is 27.1. The molecule has 0 amide bonds. The second-order valence-corrected chi connectivity index (χ2v) is 17.7. The number of aromatic nitrogens is 2. The number of halogens is 2. The molecule has 4 aromatic carbocycles. The van der Waals surface area contributed by atoms with Gasteiger partial charge in [-0.25, -0.2) is 0 Å². The van der Waals surface area contributed by atoms with E-state index in [1.807, 2.05) is 50.2 Å². The maximum atomic E-state index is 11.1. The Morgan fingerprint density at radius 2 is 0.986 bits per heavy atom. The Labute approximate surface area is 428 Å². The second-order valence-electron chi connectivity index (χ2n) is 16.9. The van der Waals surface area contributed by atoms with Gasteiger partial charge in [0.15, 0.2) is 0 Å². The fraction of sp³-hybridized carbons (Fsp3) is 0.296. The number of carbonyl (C=O) groups is 2. The van der Waals surface area contributed by atoms with Crippen molar-refractivity contribution in [1.82, 2.24) is 20.6 Å². The van der Waals surface area contributed by atoms with Crippen LogP contribution in [0.1, 0.15) is 68.5 Å². The van der Waals surface area contributed by atoms with Crippen LogP contribution in [0.4, 0.5) is 0 Å². The van der Waals surface area contributed by atoms with E-state index in [4.69, 9.17) is 52.4 Å². The molecule has 2 unspecified atom stereocenters. The third-order valence-corrected chi connectivity index (χ3v) is 12.0. The summed E-state index contributed by atoms with van der Waals surface area (Å²) in [4.78, 5) is 38.9. The van der Waals surface area contributed by atoms with Crippen molar-refractivity contribution in [2.75, 3.05) is 27.2 Å². The van der Waals surface area contributed by atoms with E-state index in [1.165, 1.54) is 0 Å². The Balaban J connectivity index is 1.18. The summed E-state index contributed by atoms with van der Waals surface area (Å²) in [5.41, 5.74) is 10.5. The Kier molecular flexibility index (Phi) is 20.4. The van der Waals surface area contributed by atoms with Crippen LogP contribution in [0.5, 0.6) is 23.0 Å². The lowest BCUT2D eigenvalue weighted by molar-refractivity contribution is -0.140. The molecular formula is C54H58Cl2N6O10. The summed E-state index contributed by atoms with van der Waals surface area (Å²) in [7, 11) is 3.37. The molecule has 0 radical (unpaired) electrons. The van der Waals surface area contributed by atoms with E-state index in [0.717, 1.165) is 55.6 Å². The van der Waals surface area contributed by atoms with Crippen molar-refractivity contribution in [3.8, 4) is 34.1 Å². The molecule has 378 valence electrons. The fourth-order valence-corrected chi connectivity index (χ4v) is 8.20. The zero-order valence-corrected chi connectivity index (χ0v) is 41.9. The van der Waals surface area contributed by atoms with Gasteiger partial charge in [0.05, 0.1) is 35.1 Å². The van der Waals surface area contributed by atoms with Crippen LogP contribution in [0.3, 0.4) is 0 Å². The topological polar surface area (TPSA) is 227 Å². The maximum Gasteiger partial charge on any atom is 0.306 e. The van der Waals surface area contributed by atoms with E-state index in [2.05, 4.69) is 42.7 Å². The Bertz CT molecular complexity index is 2690. The number of rotatable bonds is 27. The van der Waals surface area contributed by atoms with Gasteiger partial charge in [-0.15, -0.1) is 0 Å². The highest BCUT2D eigenvalue weighted by molar-refractivity contribution is 6.32. The molecule has 16 nitrogen and oxygen atoms in total. The lowest BCUT2D eigenvalue weighted by atomic mass is 9.92. The van der Waals surface area contributed by atoms with Crippen molar-refractivity contribution in [2.45, 2.75) is 78.4 Å². The van der Waals surface area contributed by atoms with Crippen LogP contribution in [0, 0.1) is 13.8 Å². The summed E-state index contributed by atoms with van der Waals surface area (Å²) in [5, 5.41) is 45.3. The highest BCUT2D eigenvalue weighted by Gasteiger charge is 2.18. The van der Waals surface area contributed by atoms with Crippen molar-refractivity contribution in [1.29, 1.82) is 0 Å². The summed E-state index contributed by atoms with van der Waals surface area (Å²) in [6.07, 6.45) is 7.28. The van der Waals surface area contributed by atoms with Gasteiger partial charge in [0.1, 0.15) is 49.4 Å². The van der Waals surface area contributed by atoms with Gasteiger partial charge in [-0.2, -0.15) is 0 Å². The number of aliphatic carboxylic acids is 2. The molecule has 0 aliphatic rings. The molecule has 18 heteroatoms. The lowest BCUT2D eigenvalue weighted by Gasteiger charge is -2.19. The average Bonchev–Trinajstić information content (AvgIpc) is 3.33. The molecule has 6 aromatic rings. The highest BCUT2D eigenvalue weighted by atomic mass is 35.5. The van der Waals surface area contributed by atoms with Crippen molar-refractivity contribution in [3.05, 3.63) is 163 Å². The molecule has 0 aliphatic carbocycles. The first-order valence-corrected chi connectivity index (χ1v) is 23.7. The molecule has 0 saturated heterocycles. The fourth-order valence-electron chi connectivity index (χ4n) is 7.72. The SMILES string of the molecule is C/N=C/c1cncc(COc2cc(OCc3cccc(-c4cccc(COc5cc(OCc6cncc(/C=N/C)c6)c(CNCC(O)CC(=O)O)cc5Cl)c4C)c3C)c(Cl)cc2CNCC(O)CC(=O)O)c1. The largest absolute Gasteiger partial charge is 0.488 e. The van der Waals surface area contributed by atoms with Crippen LogP contribution in [-0.2, 0) is 49.1 Å². The quantitative estimate of drug-likeness (QED) is 0.0267. The zero-order valence-electron chi connectivity index (χ0n) is 40.4.